The summed E-state index contributed by atoms with van der Waals surface area (Å²) in [5.41, 5.74) is -0.329. The van der Waals surface area contributed by atoms with E-state index in [2.05, 4.69) is 4.72 Å². The largest absolute Gasteiger partial charge is 0.416 e. The zero-order valence-corrected chi connectivity index (χ0v) is 15.5. The number of benzene rings is 2. The number of hydrogen-bond acceptors (Lipinski definition) is 4. The van der Waals surface area contributed by atoms with Crippen molar-refractivity contribution in [2.24, 2.45) is 5.14 Å². The molecule has 27 heavy (non-hydrogen) atoms. The van der Waals surface area contributed by atoms with E-state index in [1.165, 1.54) is 18.2 Å². The van der Waals surface area contributed by atoms with Gasteiger partial charge in [0.2, 0.25) is 10.0 Å². The molecule has 2 aromatic rings. The molecule has 0 saturated carbocycles. The number of nitrogens with two attached hydrogens (primary N) is 1. The summed E-state index contributed by atoms with van der Waals surface area (Å²) in [7, 11) is -8.31. The van der Waals surface area contributed by atoms with Crippen molar-refractivity contribution in [2.45, 2.75) is 18.0 Å². The normalized spacial score (nSPS) is 13.1. The van der Waals surface area contributed by atoms with Gasteiger partial charge in [-0.3, -0.25) is 4.72 Å². The molecule has 0 heterocycles. The molecule has 2 aromatic carbocycles. The van der Waals surface area contributed by atoms with E-state index in [0.717, 1.165) is 30.3 Å². The van der Waals surface area contributed by atoms with Gasteiger partial charge in [-0.2, -0.15) is 13.2 Å². The Balaban J connectivity index is 2.27. The van der Waals surface area contributed by atoms with Gasteiger partial charge in [-0.15, -0.1) is 0 Å². The van der Waals surface area contributed by atoms with Crippen LogP contribution in [0.1, 0.15) is 16.7 Å². The molecule has 0 amide bonds. The number of rotatable bonds is 5. The Morgan fingerprint density at radius 1 is 1.00 bits per heavy atom. The van der Waals surface area contributed by atoms with Gasteiger partial charge in [0.25, 0.3) is 10.0 Å². The van der Waals surface area contributed by atoms with Crippen LogP contribution in [-0.4, -0.2) is 16.8 Å². The fraction of sp³-hybridized carbons (Fsp3) is 0.125. The molecule has 3 N–H and O–H groups in total. The van der Waals surface area contributed by atoms with Crippen molar-refractivity contribution in [3.05, 3.63) is 64.6 Å². The lowest BCUT2D eigenvalue weighted by Crippen LogP contribution is -2.17. The minimum atomic E-state index is -4.49. The zero-order valence-electron chi connectivity index (χ0n) is 13.9. The smallest absolute Gasteiger partial charge is 0.279 e. The molecule has 0 aliphatic rings. The molecular formula is C16H15F3N2O4S2. The van der Waals surface area contributed by atoms with Crippen LogP contribution in [0.4, 0.5) is 18.9 Å². The fourth-order valence-electron chi connectivity index (χ4n) is 2.09. The highest BCUT2D eigenvalue weighted by Crippen LogP contribution is 2.29. The van der Waals surface area contributed by atoms with Crippen molar-refractivity contribution >= 4 is 31.8 Å². The van der Waals surface area contributed by atoms with E-state index < -0.39 is 36.7 Å². The van der Waals surface area contributed by atoms with E-state index in [-0.39, 0.29) is 11.3 Å². The van der Waals surface area contributed by atoms with Crippen LogP contribution in [0, 0.1) is 6.92 Å². The molecule has 0 fully saturated rings. The van der Waals surface area contributed by atoms with Gasteiger partial charge in [-0.25, -0.2) is 22.0 Å². The van der Waals surface area contributed by atoms with E-state index >= 15 is 0 Å². The second kappa shape index (κ2) is 7.33. The fourth-order valence-corrected chi connectivity index (χ4v) is 3.82. The van der Waals surface area contributed by atoms with Crippen LogP contribution in [0.5, 0.6) is 0 Å². The number of halogens is 3. The van der Waals surface area contributed by atoms with Gasteiger partial charge in [0, 0.05) is 0 Å². The molecule has 0 spiro atoms. The highest BCUT2D eigenvalue weighted by Gasteiger charge is 2.29. The van der Waals surface area contributed by atoms with E-state index in [4.69, 9.17) is 5.14 Å². The molecule has 0 aliphatic heterocycles. The molecule has 0 unspecified atom stereocenters. The highest BCUT2D eigenvalue weighted by atomic mass is 32.2. The topological polar surface area (TPSA) is 106 Å². The Bertz CT molecular complexity index is 1080. The van der Waals surface area contributed by atoms with Gasteiger partial charge in [0.05, 0.1) is 16.7 Å². The lowest BCUT2D eigenvalue weighted by molar-refractivity contribution is -0.137. The average molecular weight is 420 g/mol. The Labute approximate surface area is 154 Å². The van der Waals surface area contributed by atoms with Gasteiger partial charge < -0.3 is 0 Å². The second-order valence-electron chi connectivity index (χ2n) is 5.61. The summed E-state index contributed by atoms with van der Waals surface area (Å²) in [4.78, 5) is -0.394. The Hall–Kier alpha value is -2.37. The third-order valence-electron chi connectivity index (χ3n) is 3.37. The predicted octanol–water partition coefficient (Wildman–Crippen LogP) is 3.07. The van der Waals surface area contributed by atoms with Crippen molar-refractivity contribution in [3.63, 3.8) is 0 Å². The third-order valence-corrected chi connectivity index (χ3v) is 5.32. The minimum Gasteiger partial charge on any atom is -0.279 e. The summed E-state index contributed by atoms with van der Waals surface area (Å²) in [6.07, 6.45) is -3.42. The van der Waals surface area contributed by atoms with E-state index in [0.29, 0.717) is 11.0 Å². The average Bonchev–Trinajstić information content (AvgIpc) is 2.53. The Morgan fingerprint density at radius 2 is 1.59 bits per heavy atom. The number of sulfonamides is 2. The molecule has 6 nitrogen and oxygen atoms in total. The molecule has 0 radical (unpaired) electrons. The highest BCUT2D eigenvalue weighted by molar-refractivity contribution is 7.95. The van der Waals surface area contributed by atoms with Crippen molar-refractivity contribution in [3.8, 4) is 0 Å². The summed E-state index contributed by atoms with van der Waals surface area (Å²) in [5, 5.41) is 5.80. The van der Waals surface area contributed by atoms with Gasteiger partial charge >= 0.3 is 6.18 Å². The summed E-state index contributed by atoms with van der Waals surface area (Å²) in [5.74, 6) is 0. The summed E-state index contributed by atoms with van der Waals surface area (Å²) in [6.45, 7) is 1.61. The van der Waals surface area contributed by atoms with Gasteiger partial charge in [-0.05, 0) is 48.4 Å². The first-order valence-electron chi connectivity index (χ1n) is 7.29. The molecule has 0 atom stereocenters. The van der Waals surface area contributed by atoms with Crippen molar-refractivity contribution in [1.82, 2.24) is 0 Å². The summed E-state index contributed by atoms with van der Waals surface area (Å²) >= 11 is 0. The van der Waals surface area contributed by atoms with Crippen molar-refractivity contribution < 1.29 is 30.0 Å². The molecule has 2 rings (SSSR count). The SMILES string of the molecule is Cc1ccc(NS(=O)(=O)C=Cc2ccc(C(F)(F)F)cc2)c(S(N)(=O)=O)c1. The maximum Gasteiger partial charge on any atom is 0.416 e. The predicted molar refractivity (Wildman–Crippen MR) is 95.6 cm³/mol. The van der Waals surface area contributed by atoms with Gasteiger partial charge in [0.1, 0.15) is 4.90 Å². The number of alkyl halides is 3. The van der Waals surface area contributed by atoms with E-state index in [1.54, 1.807) is 6.92 Å². The van der Waals surface area contributed by atoms with Crippen LogP contribution in [0.2, 0.25) is 0 Å². The Morgan fingerprint density at radius 3 is 2.11 bits per heavy atom. The van der Waals surface area contributed by atoms with Crippen LogP contribution >= 0.6 is 0 Å². The summed E-state index contributed by atoms with van der Waals surface area (Å²) in [6, 6.07) is 7.81. The first-order valence-corrected chi connectivity index (χ1v) is 10.4. The van der Waals surface area contributed by atoms with Crippen LogP contribution in [-0.2, 0) is 26.2 Å². The number of aryl methyl sites for hydroxylation is 1. The minimum absolute atomic E-state index is 0.212. The molecule has 0 aliphatic carbocycles. The maximum absolute atomic E-state index is 12.5. The van der Waals surface area contributed by atoms with E-state index in [1.807, 2.05) is 0 Å². The monoisotopic (exact) mass is 420 g/mol. The number of primary sulfonamides is 1. The van der Waals surface area contributed by atoms with Crippen molar-refractivity contribution in [2.75, 3.05) is 4.72 Å². The van der Waals surface area contributed by atoms with Crippen LogP contribution in [0.25, 0.3) is 6.08 Å². The van der Waals surface area contributed by atoms with Crippen LogP contribution in [0.3, 0.4) is 0 Å². The van der Waals surface area contributed by atoms with Crippen LogP contribution in [0.15, 0.2) is 52.8 Å². The lowest BCUT2D eigenvalue weighted by atomic mass is 10.1. The standard InChI is InChI=1S/C16H15F3N2O4S2/c1-11-2-7-14(15(10-11)27(20,24)25)21-26(22,23)9-8-12-3-5-13(6-4-12)16(17,18)19/h2-10,21H,1H3,(H2,20,24,25). The molecule has 146 valence electrons. The Kier molecular flexibility index (Phi) is 5.68. The first kappa shape index (κ1) is 20.9. The zero-order chi connectivity index (χ0) is 20.5. The molecule has 11 heteroatoms. The van der Waals surface area contributed by atoms with Crippen molar-refractivity contribution in [1.29, 1.82) is 0 Å². The van der Waals surface area contributed by atoms with Crippen LogP contribution < -0.4 is 9.86 Å². The number of hydrogen-bond donors (Lipinski definition) is 2. The summed E-state index contributed by atoms with van der Waals surface area (Å²) < 4.78 is 87.2. The lowest BCUT2D eigenvalue weighted by Gasteiger charge is -2.10. The molecule has 0 bridgehead atoms. The molecule has 0 aromatic heterocycles. The first-order chi connectivity index (χ1) is 12.3. The molecular weight excluding hydrogens is 405 g/mol. The molecule has 0 saturated heterocycles. The van der Waals surface area contributed by atoms with Gasteiger partial charge in [-0.1, -0.05) is 18.2 Å². The third kappa shape index (κ3) is 5.81. The number of anilines is 1. The number of nitrogens with one attached hydrogen (secondary N) is 1. The quantitative estimate of drug-likeness (QED) is 0.775. The maximum atomic E-state index is 12.5. The van der Waals surface area contributed by atoms with Gasteiger partial charge in [0.15, 0.2) is 0 Å². The van der Waals surface area contributed by atoms with E-state index in [9.17, 15) is 30.0 Å². The second-order valence-corrected chi connectivity index (χ2v) is 8.71.